The van der Waals surface area contributed by atoms with Crippen LogP contribution in [0.1, 0.15) is 11.1 Å². The summed E-state index contributed by atoms with van der Waals surface area (Å²) in [5, 5.41) is 24.2. The number of hydrogen-bond donors (Lipinski definition) is 0. The van der Waals surface area contributed by atoms with Gasteiger partial charge >= 0.3 is 0 Å². The van der Waals surface area contributed by atoms with Crippen molar-refractivity contribution >= 4 is 43.6 Å². The zero-order valence-electron chi connectivity index (χ0n) is 38.8. The molecule has 0 aliphatic heterocycles. The van der Waals surface area contributed by atoms with E-state index in [4.69, 9.17) is 9.97 Å². The minimum absolute atomic E-state index is 0.608. The van der Waals surface area contributed by atoms with Crippen LogP contribution < -0.4 is 0 Å². The summed E-state index contributed by atoms with van der Waals surface area (Å²) in [5.41, 5.74) is 18.1. The van der Waals surface area contributed by atoms with Crippen molar-refractivity contribution < 1.29 is 0 Å². The summed E-state index contributed by atoms with van der Waals surface area (Å²) >= 11 is 0. The van der Waals surface area contributed by atoms with E-state index in [-0.39, 0.29) is 0 Å². The highest BCUT2D eigenvalue weighted by Crippen LogP contribution is 2.42. The Morgan fingerprint density at radius 2 is 0.764 bits per heavy atom. The lowest BCUT2D eigenvalue weighted by Crippen LogP contribution is -2.01. The van der Waals surface area contributed by atoms with Gasteiger partial charge in [-0.2, -0.15) is 10.5 Å². The molecule has 0 aliphatic carbocycles. The fourth-order valence-electron chi connectivity index (χ4n) is 10.4. The smallest absolute Gasteiger partial charge is 0.160 e. The number of hydrogen-bond acceptors (Lipinski definition) is 4. The standard InChI is InChI=1S/C66H40N6/c67-41-43-14-11-20-47(34-43)49-28-31-64-57(37-49)58-38-50(48-21-12-15-44(35-48)42-68)29-32-65(58)72(64)63-33-30-52(66-69-59(45-16-3-1-4-17-45)40-60(70-66)46-18-5-2-6-19-46)39-56(63)51-22-13-23-53(36-51)71-61-26-9-7-24-54(61)55-25-8-10-27-62(55)71/h1-40H. The van der Waals surface area contributed by atoms with E-state index in [1.165, 1.54) is 10.8 Å². The molecular formula is C66H40N6. The number of benzene rings is 10. The van der Waals surface area contributed by atoms with Crippen molar-refractivity contribution in [1.29, 1.82) is 10.5 Å². The van der Waals surface area contributed by atoms with Crippen LogP contribution in [0.4, 0.5) is 0 Å². The number of aromatic nitrogens is 4. The van der Waals surface area contributed by atoms with Gasteiger partial charge in [0, 0.05) is 49.5 Å². The third kappa shape index (κ3) is 7.27. The van der Waals surface area contributed by atoms with E-state index < -0.39 is 0 Å². The van der Waals surface area contributed by atoms with E-state index in [1.807, 2.05) is 72.8 Å². The highest BCUT2D eigenvalue weighted by molar-refractivity contribution is 6.13. The van der Waals surface area contributed by atoms with Gasteiger partial charge in [0.25, 0.3) is 0 Å². The van der Waals surface area contributed by atoms with Gasteiger partial charge in [0.15, 0.2) is 5.82 Å². The van der Waals surface area contributed by atoms with Crippen LogP contribution in [0.25, 0.3) is 122 Å². The molecule has 3 heterocycles. The summed E-state index contributed by atoms with van der Waals surface area (Å²) < 4.78 is 4.74. The second kappa shape index (κ2) is 17.4. The third-order valence-corrected chi connectivity index (χ3v) is 13.8. The number of nitrogens with zero attached hydrogens (tertiary/aromatic N) is 6. The van der Waals surface area contributed by atoms with Crippen molar-refractivity contribution in [3.05, 3.63) is 254 Å². The molecule has 0 saturated carbocycles. The van der Waals surface area contributed by atoms with E-state index >= 15 is 0 Å². The Bertz CT molecular complexity index is 4130. The Balaban J connectivity index is 1.08. The first kappa shape index (κ1) is 42.0. The molecule has 0 amide bonds. The molecule has 0 atom stereocenters. The van der Waals surface area contributed by atoms with Crippen molar-refractivity contribution in [2.75, 3.05) is 0 Å². The largest absolute Gasteiger partial charge is 0.309 e. The van der Waals surface area contributed by atoms with Gasteiger partial charge < -0.3 is 9.13 Å². The number of rotatable bonds is 8. The summed E-state index contributed by atoms with van der Waals surface area (Å²) in [5.74, 6) is 0.622. The molecule has 0 aliphatic rings. The van der Waals surface area contributed by atoms with Crippen molar-refractivity contribution in [2.24, 2.45) is 0 Å². The SMILES string of the molecule is N#Cc1cccc(-c2ccc3c(c2)c2cc(-c4cccc(C#N)c4)ccc2n3-c2ccc(-c3nc(-c4ccccc4)cc(-c4ccccc4)n3)cc2-c2cccc(-n3c4ccccc4c4ccccc43)c2)c1. The average Bonchev–Trinajstić information content (AvgIpc) is 3.97. The first-order valence-corrected chi connectivity index (χ1v) is 23.9. The Morgan fingerprint density at radius 3 is 1.32 bits per heavy atom. The van der Waals surface area contributed by atoms with Gasteiger partial charge in [0.05, 0.1) is 62.4 Å². The average molecular weight is 917 g/mol. The molecule has 72 heavy (non-hydrogen) atoms. The van der Waals surface area contributed by atoms with Crippen LogP contribution in [0.5, 0.6) is 0 Å². The zero-order valence-corrected chi connectivity index (χ0v) is 38.8. The minimum atomic E-state index is 0.608. The minimum Gasteiger partial charge on any atom is -0.309 e. The van der Waals surface area contributed by atoms with Crippen LogP contribution in [-0.2, 0) is 0 Å². The maximum absolute atomic E-state index is 9.85. The lowest BCUT2D eigenvalue weighted by molar-refractivity contribution is 1.16. The van der Waals surface area contributed by atoms with E-state index in [1.54, 1.807) is 0 Å². The molecule has 6 nitrogen and oxygen atoms in total. The van der Waals surface area contributed by atoms with Crippen LogP contribution >= 0.6 is 0 Å². The van der Waals surface area contributed by atoms with Crippen LogP contribution in [0, 0.1) is 22.7 Å². The number of nitriles is 2. The molecule has 0 N–H and O–H groups in total. The molecule has 6 heteroatoms. The zero-order chi connectivity index (χ0) is 48.1. The molecule has 334 valence electrons. The van der Waals surface area contributed by atoms with Gasteiger partial charge in [-0.1, -0.05) is 146 Å². The molecule has 0 saturated heterocycles. The van der Waals surface area contributed by atoms with E-state index in [9.17, 15) is 10.5 Å². The lowest BCUT2D eigenvalue weighted by Gasteiger charge is -2.18. The Labute approximate surface area is 415 Å². The van der Waals surface area contributed by atoms with Gasteiger partial charge in [0.2, 0.25) is 0 Å². The van der Waals surface area contributed by atoms with E-state index in [2.05, 4.69) is 191 Å². The summed E-state index contributed by atoms with van der Waals surface area (Å²) in [6, 6.07) is 88.7. The quantitative estimate of drug-likeness (QED) is 0.152. The predicted octanol–water partition coefficient (Wildman–Crippen LogP) is 16.4. The Morgan fingerprint density at radius 1 is 0.306 bits per heavy atom. The van der Waals surface area contributed by atoms with Crippen molar-refractivity contribution in [3.63, 3.8) is 0 Å². The predicted molar refractivity (Wildman–Crippen MR) is 293 cm³/mol. The molecule has 0 fully saturated rings. The van der Waals surface area contributed by atoms with Crippen molar-refractivity contribution in [2.45, 2.75) is 0 Å². The van der Waals surface area contributed by atoms with Gasteiger partial charge in [-0.3, -0.25) is 0 Å². The summed E-state index contributed by atoms with van der Waals surface area (Å²) in [4.78, 5) is 10.6. The Kier molecular flexibility index (Phi) is 10.2. The van der Waals surface area contributed by atoms with E-state index in [0.29, 0.717) is 17.0 Å². The second-order valence-electron chi connectivity index (χ2n) is 18.0. The molecule has 0 unspecified atom stereocenters. The van der Waals surface area contributed by atoms with Crippen LogP contribution in [-0.4, -0.2) is 19.1 Å². The highest BCUT2D eigenvalue weighted by atomic mass is 15.0. The van der Waals surface area contributed by atoms with Gasteiger partial charge in [-0.25, -0.2) is 9.97 Å². The summed E-state index contributed by atoms with van der Waals surface area (Å²) in [6.07, 6.45) is 0. The molecule has 13 aromatic rings. The molecule has 10 aromatic carbocycles. The fourth-order valence-corrected chi connectivity index (χ4v) is 10.4. The monoisotopic (exact) mass is 916 g/mol. The highest BCUT2D eigenvalue weighted by Gasteiger charge is 2.21. The van der Waals surface area contributed by atoms with Crippen LogP contribution in [0.15, 0.2) is 243 Å². The fraction of sp³-hybridized carbons (Fsp3) is 0. The Hall–Kier alpha value is -10.1. The first-order chi connectivity index (χ1) is 35.6. The molecule has 0 bridgehead atoms. The van der Waals surface area contributed by atoms with Crippen LogP contribution in [0.2, 0.25) is 0 Å². The maximum Gasteiger partial charge on any atom is 0.160 e. The molecule has 3 aromatic heterocycles. The van der Waals surface area contributed by atoms with Crippen molar-refractivity contribution in [1.82, 2.24) is 19.1 Å². The van der Waals surface area contributed by atoms with Gasteiger partial charge in [0.1, 0.15) is 0 Å². The number of fused-ring (bicyclic) bond motifs is 6. The lowest BCUT2D eigenvalue weighted by atomic mass is 9.98. The maximum atomic E-state index is 9.85. The van der Waals surface area contributed by atoms with Gasteiger partial charge in [-0.15, -0.1) is 0 Å². The topological polar surface area (TPSA) is 83.2 Å². The molecule has 0 radical (unpaired) electrons. The van der Waals surface area contributed by atoms with Gasteiger partial charge in [-0.05, 0) is 125 Å². The normalized spacial score (nSPS) is 11.3. The van der Waals surface area contributed by atoms with Crippen LogP contribution in [0.3, 0.4) is 0 Å². The first-order valence-electron chi connectivity index (χ1n) is 23.9. The molecule has 13 rings (SSSR count). The molecule has 0 spiro atoms. The molecular weight excluding hydrogens is 877 g/mol. The van der Waals surface area contributed by atoms with E-state index in [0.717, 1.165) is 106 Å². The summed E-state index contributed by atoms with van der Waals surface area (Å²) in [7, 11) is 0. The van der Waals surface area contributed by atoms with Crippen molar-refractivity contribution in [3.8, 4) is 90.8 Å². The summed E-state index contributed by atoms with van der Waals surface area (Å²) in [6.45, 7) is 0. The second-order valence-corrected chi connectivity index (χ2v) is 18.0. The third-order valence-electron chi connectivity index (χ3n) is 13.8. The number of para-hydroxylation sites is 2.